The van der Waals surface area contributed by atoms with Gasteiger partial charge in [-0.25, -0.2) is 4.79 Å². The molecular weight excluding hydrogens is 308 g/mol. The fourth-order valence-electron chi connectivity index (χ4n) is 3.05. The van der Waals surface area contributed by atoms with Crippen molar-refractivity contribution in [3.8, 4) is 0 Å². The third-order valence-electron chi connectivity index (χ3n) is 4.25. The van der Waals surface area contributed by atoms with E-state index in [9.17, 15) is 9.90 Å². The topological polar surface area (TPSA) is 71.4 Å². The lowest BCUT2D eigenvalue weighted by Gasteiger charge is -2.29. The molecule has 1 aliphatic carbocycles. The summed E-state index contributed by atoms with van der Waals surface area (Å²) < 4.78 is 5.52. The summed E-state index contributed by atoms with van der Waals surface area (Å²) in [5.74, 6) is 0.0194. The molecule has 0 saturated carbocycles. The normalized spacial score (nSPS) is 31.5. The molecule has 2 heterocycles. The van der Waals surface area contributed by atoms with Crippen molar-refractivity contribution < 1.29 is 19.5 Å². The van der Waals surface area contributed by atoms with Crippen molar-refractivity contribution in [1.29, 1.82) is 0 Å². The number of oxime groups is 1. The smallest absolute Gasteiger partial charge is 0.414 e. The molecule has 3 atom stereocenters. The summed E-state index contributed by atoms with van der Waals surface area (Å²) in [4.78, 5) is 19.6. The Morgan fingerprint density at radius 1 is 1.46 bits per heavy atom. The van der Waals surface area contributed by atoms with Gasteiger partial charge in [0.25, 0.3) is 0 Å². The van der Waals surface area contributed by atoms with Crippen LogP contribution in [0.3, 0.4) is 0 Å². The van der Waals surface area contributed by atoms with Crippen LogP contribution >= 0.6 is 0 Å². The summed E-state index contributed by atoms with van der Waals surface area (Å²) >= 11 is 0. The van der Waals surface area contributed by atoms with Crippen LogP contribution in [0.2, 0.25) is 0 Å². The molecule has 0 aromatic rings. The van der Waals surface area contributed by atoms with E-state index in [0.29, 0.717) is 6.42 Å². The highest BCUT2D eigenvalue weighted by Gasteiger charge is 2.43. The van der Waals surface area contributed by atoms with Gasteiger partial charge in [0, 0.05) is 24.1 Å². The molecular formula is C18H24N2O4. The average molecular weight is 332 g/mol. The molecule has 0 fully saturated rings. The predicted octanol–water partition coefficient (Wildman–Crippen LogP) is 2.76. The van der Waals surface area contributed by atoms with Gasteiger partial charge in [0.1, 0.15) is 5.60 Å². The van der Waals surface area contributed by atoms with Gasteiger partial charge in [-0.1, -0.05) is 29.5 Å². The van der Waals surface area contributed by atoms with Crippen LogP contribution in [0, 0.1) is 5.92 Å². The number of hydrogen-bond acceptors (Lipinski definition) is 5. The van der Waals surface area contributed by atoms with Gasteiger partial charge in [-0.05, 0) is 27.7 Å². The average Bonchev–Trinajstić information content (AvgIpc) is 3.07. The molecule has 0 bridgehead atoms. The number of nitrogens with zero attached hydrogens (tertiary/aromatic N) is 2. The van der Waals surface area contributed by atoms with E-state index in [2.05, 4.69) is 11.2 Å². The number of ether oxygens (including phenoxy) is 1. The second-order valence-electron chi connectivity index (χ2n) is 7.67. The maximum absolute atomic E-state index is 12.5. The third kappa shape index (κ3) is 3.11. The third-order valence-corrected chi connectivity index (χ3v) is 4.25. The molecule has 24 heavy (non-hydrogen) atoms. The molecule has 0 radical (unpaired) electrons. The summed E-state index contributed by atoms with van der Waals surface area (Å²) in [5.41, 5.74) is 0.455. The minimum atomic E-state index is -0.695. The Kier molecular flexibility index (Phi) is 4.03. The number of carbonyl (C=O) groups excluding carboxylic acids is 1. The minimum absolute atomic E-state index is 0.0194. The molecule has 0 aromatic carbocycles. The van der Waals surface area contributed by atoms with E-state index in [1.54, 1.807) is 11.1 Å². The van der Waals surface area contributed by atoms with Gasteiger partial charge in [0.05, 0.1) is 18.4 Å². The number of allylic oxidation sites excluding steroid dienone is 2. The van der Waals surface area contributed by atoms with Crippen LogP contribution < -0.4 is 0 Å². The zero-order valence-corrected chi connectivity index (χ0v) is 14.5. The van der Waals surface area contributed by atoms with E-state index < -0.39 is 11.2 Å². The van der Waals surface area contributed by atoms with Gasteiger partial charge in [-0.3, -0.25) is 4.90 Å². The summed E-state index contributed by atoms with van der Waals surface area (Å²) in [7, 11) is 0. The van der Waals surface area contributed by atoms with Crippen molar-refractivity contribution in [1.82, 2.24) is 4.90 Å². The van der Waals surface area contributed by atoms with Gasteiger partial charge in [0.2, 0.25) is 0 Å². The Morgan fingerprint density at radius 3 is 2.79 bits per heavy atom. The number of aliphatic hydroxyl groups excluding tert-OH is 1. The second-order valence-corrected chi connectivity index (χ2v) is 7.67. The zero-order chi connectivity index (χ0) is 17.5. The first-order chi connectivity index (χ1) is 11.2. The Balaban J connectivity index is 1.86. The van der Waals surface area contributed by atoms with E-state index in [0.717, 1.165) is 11.3 Å². The maximum Gasteiger partial charge on any atom is 0.414 e. The van der Waals surface area contributed by atoms with Crippen LogP contribution in [0.15, 0.2) is 41.2 Å². The highest BCUT2D eigenvalue weighted by molar-refractivity contribution is 6.03. The molecule has 6 heteroatoms. The quantitative estimate of drug-likeness (QED) is 0.844. The first kappa shape index (κ1) is 16.8. The number of amides is 1. The van der Waals surface area contributed by atoms with Crippen LogP contribution in [0.5, 0.6) is 0 Å². The van der Waals surface area contributed by atoms with E-state index in [1.807, 2.05) is 45.9 Å². The molecule has 3 aliphatic rings. The lowest BCUT2D eigenvalue weighted by Crippen LogP contribution is -2.39. The summed E-state index contributed by atoms with van der Waals surface area (Å²) in [6.07, 6.45) is 9.87. The summed E-state index contributed by atoms with van der Waals surface area (Å²) in [6, 6.07) is -0.122. The highest BCUT2D eigenvalue weighted by atomic mass is 16.7. The molecule has 2 aliphatic heterocycles. The van der Waals surface area contributed by atoms with Crippen LogP contribution in [-0.2, 0) is 9.57 Å². The lowest BCUT2D eigenvalue weighted by molar-refractivity contribution is -0.0428. The van der Waals surface area contributed by atoms with E-state index in [-0.39, 0.29) is 24.7 Å². The predicted molar refractivity (Wildman–Crippen MR) is 90.3 cm³/mol. The standard InChI is InChI=1S/C18H24N2O4/c1-17(2,3)23-16(22)20-10-13(12-7-5-6-8-15(12)20)14-9-18(4,11-21)24-19-14/h5-8,10,12,15,21H,9,11H2,1-4H3. The largest absolute Gasteiger partial charge is 0.443 e. The Morgan fingerprint density at radius 2 is 2.17 bits per heavy atom. The van der Waals surface area contributed by atoms with Crippen molar-refractivity contribution in [2.75, 3.05) is 6.61 Å². The zero-order valence-electron chi connectivity index (χ0n) is 14.5. The van der Waals surface area contributed by atoms with Crippen molar-refractivity contribution >= 4 is 11.8 Å². The molecule has 0 saturated heterocycles. The van der Waals surface area contributed by atoms with Crippen molar-refractivity contribution in [3.05, 3.63) is 36.1 Å². The molecule has 1 amide bonds. The van der Waals surface area contributed by atoms with Crippen LogP contribution in [-0.4, -0.2) is 45.7 Å². The Bertz CT molecular complexity index is 656. The number of carbonyl (C=O) groups is 1. The lowest BCUT2D eigenvalue weighted by atomic mass is 9.86. The molecule has 0 spiro atoms. The van der Waals surface area contributed by atoms with Crippen molar-refractivity contribution in [3.63, 3.8) is 0 Å². The SMILES string of the molecule is CC(C)(C)OC(=O)N1C=C(C2=NOC(C)(CO)C2)C2C=CC=CC21. The fraction of sp³-hybridized carbons (Fsp3) is 0.556. The van der Waals surface area contributed by atoms with Gasteiger partial charge >= 0.3 is 6.09 Å². The van der Waals surface area contributed by atoms with Crippen molar-refractivity contribution in [2.45, 2.75) is 51.4 Å². The molecule has 1 N–H and O–H groups in total. The minimum Gasteiger partial charge on any atom is -0.443 e. The second kappa shape index (κ2) is 5.77. The first-order valence-electron chi connectivity index (χ1n) is 8.17. The molecule has 0 aromatic heterocycles. The Hall–Kier alpha value is -2.08. The molecule has 130 valence electrons. The number of hydrogen-bond donors (Lipinski definition) is 1. The van der Waals surface area contributed by atoms with Gasteiger partial charge in [0.15, 0.2) is 5.60 Å². The van der Waals surface area contributed by atoms with Gasteiger partial charge < -0.3 is 14.7 Å². The fourth-order valence-corrected chi connectivity index (χ4v) is 3.05. The van der Waals surface area contributed by atoms with Gasteiger partial charge in [-0.2, -0.15) is 0 Å². The van der Waals surface area contributed by atoms with Gasteiger partial charge in [-0.15, -0.1) is 0 Å². The number of rotatable bonds is 2. The first-order valence-corrected chi connectivity index (χ1v) is 8.17. The molecule has 3 rings (SSSR count). The monoisotopic (exact) mass is 332 g/mol. The number of aliphatic hydroxyl groups is 1. The summed E-state index contributed by atoms with van der Waals surface area (Å²) in [5, 5.41) is 13.6. The number of fused-ring (bicyclic) bond motifs is 1. The van der Waals surface area contributed by atoms with E-state index in [4.69, 9.17) is 9.57 Å². The van der Waals surface area contributed by atoms with E-state index in [1.165, 1.54) is 0 Å². The van der Waals surface area contributed by atoms with Crippen LogP contribution in [0.25, 0.3) is 0 Å². The summed E-state index contributed by atoms with van der Waals surface area (Å²) in [6.45, 7) is 7.26. The van der Waals surface area contributed by atoms with E-state index >= 15 is 0 Å². The van der Waals surface area contributed by atoms with Crippen LogP contribution in [0.4, 0.5) is 4.79 Å². The highest BCUT2D eigenvalue weighted by Crippen LogP contribution is 2.38. The van der Waals surface area contributed by atoms with Crippen molar-refractivity contribution in [2.24, 2.45) is 11.1 Å². The van der Waals surface area contributed by atoms with Crippen LogP contribution in [0.1, 0.15) is 34.1 Å². The maximum atomic E-state index is 12.5. The molecule has 6 nitrogen and oxygen atoms in total. The molecule has 3 unspecified atom stereocenters. The Labute approximate surface area is 142 Å².